The van der Waals surface area contributed by atoms with Gasteiger partial charge in [-0.25, -0.2) is 0 Å². The average molecular weight is 322 g/mol. The lowest BCUT2D eigenvalue weighted by Crippen LogP contribution is -2.30. The van der Waals surface area contributed by atoms with Crippen molar-refractivity contribution in [3.63, 3.8) is 0 Å². The molecule has 1 aliphatic heterocycles. The third-order valence-corrected chi connectivity index (χ3v) is 4.56. The molecule has 1 saturated heterocycles. The highest BCUT2D eigenvalue weighted by molar-refractivity contribution is 6.07. The summed E-state index contributed by atoms with van der Waals surface area (Å²) < 4.78 is 5.29. The van der Waals surface area contributed by atoms with Crippen LogP contribution in [0.1, 0.15) is 34.9 Å². The molecule has 1 aromatic carbocycles. The maximum Gasteiger partial charge on any atom is 0.256 e. The molecule has 4 rings (SSSR count). The molecule has 0 spiro atoms. The van der Waals surface area contributed by atoms with Crippen LogP contribution >= 0.6 is 0 Å². The van der Waals surface area contributed by atoms with E-state index in [4.69, 9.17) is 4.74 Å². The van der Waals surface area contributed by atoms with E-state index in [1.165, 1.54) is 0 Å². The highest BCUT2D eigenvalue weighted by atomic mass is 16.5. The first-order valence-electron chi connectivity index (χ1n) is 8.00. The SMILES string of the molecule is COc1ccc2[nH]cc(C(=O)N3CCC[C@H]3c3cnccn3)c2c1. The number of H-pyrrole nitrogens is 1. The van der Waals surface area contributed by atoms with Gasteiger partial charge in [0.2, 0.25) is 0 Å². The van der Waals surface area contributed by atoms with Gasteiger partial charge >= 0.3 is 0 Å². The van der Waals surface area contributed by atoms with Gasteiger partial charge in [-0.2, -0.15) is 0 Å². The number of rotatable bonds is 3. The van der Waals surface area contributed by atoms with Gasteiger partial charge < -0.3 is 14.6 Å². The van der Waals surface area contributed by atoms with E-state index < -0.39 is 0 Å². The Balaban J connectivity index is 1.70. The zero-order valence-electron chi connectivity index (χ0n) is 13.4. The first kappa shape index (κ1) is 14.7. The second kappa shape index (κ2) is 5.96. The minimum atomic E-state index is -0.0123. The molecule has 2 aromatic heterocycles. The van der Waals surface area contributed by atoms with E-state index >= 15 is 0 Å². The first-order valence-corrected chi connectivity index (χ1v) is 8.00. The molecule has 0 aliphatic carbocycles. The first-order chi connectivity index (χ1) is 11.8. The van der Waals surface area contributed by atoms with Gasteiger partial charge in [-0.05, 0) is 31.0 Å². The molecule has 6 nitrogen and oxygen atoms in total. The number of carbonyl (C=O) groups excluding carboxylic acids is 1. The Morgan fingerprint density at radius 3 is 3.08 bits per heavy atom. The van der Waals surface area contributed by atoms with Gasteiger partial charge in [-0.1, -0.05) is 0 Å². The minimum Gasteiger partial charge on any atom is -0.497 e. The van der Waals surface area contributed by atoms with Crippen molar-refractivity contribution in [1.29, 1.82) is 0 Å². The van der Waals surface area contributed by atoms with Crippen LogP contribution in [0.2, 0.25) is 0 Å². The van der Waals surface area contributed by atoms with Crippen LogP contribution in [0.15, 0.2) is 43.0 Å². The Labute approximate surface area is 139 Å². The van der Waals surface area contributed by atoms with E-state index in [2.05, 4.69) is 15.0 Å². The molecule has 0 radical (unpaired) electrons. The molecule has 3 heterocycles. The molecular formula is C18H18N4O2. The van der Waals surface area contributed by atoms with Crippen LogP contribution in [0.5, 0.6) is 5.75 Å². The lowest BCUT2D eigenvalue weighted by Gasteiger charge is -2.23. The van der Waals surface area contributed by atoms with Gasteiger partial charge in [0.05, 0.1) is 30.6 Å². The summed E-state index contributed by atoms with van der Waals surface area (Å²) in [5.74, 6) is 0.755. The Kier molecular flexibility index (Phi) is 3.65. The number of methoxy groups -OCH3 is 1. The number of fused-ring (bicyclic) bond motifs is 1. The van der Waals surface area contributed by atoms with E-state index in [0.29, 0.717) is 5.56 Å². The maximum absolute atomic E-state index is 13.1. The smallest absolute Gasteiger partial charge is 0.256 e. The van der Waals surface area contributed by atoms with Crippen LogP contribution in [0.25, 0.3) is 10.9 Å². The van der Waals surface area contributed by atoms with E-state index in [-0.39, 0.29) is 11.9 Å². The fraction of sp³-hybridized carbons (Fsp3) is 0.278. The summed E-state index contributed by atoms with van der Waals surface area (Å²) in [5, 5.41) is 0.879. The van der Waals surface area contributed by atoms with E-state index in [1.54, 1.807) is 31.9 Å². The summed E-state index contributed by atoms with van der Waals surface area (Å²) in [5.41, 5.74) is 2.44. The summed E-state index contributed by atoms with van der Waals surface area (Å²) >= 11 is 0. The van der Waals surface area contributed by atoms with Crippen LogP contribution in [-0.2, 0) is 0 Å². The Morgan fingerprint density at radius 2 is 2.29 bits per heavy atom. The summed E-state index contributed by atoms with van der Waals surface area (Å²) in [6.07, 6.45) is 8.73. The van der Waals surface area contributed by atoms with Crippen LogP contribution in [0, 0.1) is 0 Å². The van der Waals surface area contributed by atoms with Gasteiger partial charge in [0.15, 0.2) is 0 Å². The lowest BCUT2D eigenvalue weighted by atomic mass is 10.1. The number of carbonyl (C=O) groups is 1. The standard InChI is InChI=1S/C18H18N4O2/c1-24-12-4-5-15-13(9-12)14(10-21-15)18(23)22-8-2-3-17(22)16-11-19-6-7-20-16/h4-7,9-11,17,21H,2-3,8H2,1H3/t17-/m0/s1. The summed E-state index contributed by atoms with van der Waals surface area (Å²) in [6, 6.07) is 5.69. The van der Waals surface area contributed by atoms with Crippen molar-refractivity contribution in [1.82, 2.24) is 19.9 Å². The van der Waals surface area contributed by atoms with Gasteiger partial charge in [0.25, 0.3) is 5.91 Å². The summed E-state index contributed by atoms with van der Waals surface area (Å²) in [4.78, 5) is 26.7. The van der Waals surface area contributed by atoms with Crippen molar-refractivity contribution in [2.24, 2.45) is 0 Å². The molecular weight excluding hydrogens is 304 g/mol. The fourth-order valence-corrected chi connectivity index (χ4v) is 3.36. The predicted octanol–water partition coefficient (Wildman–Crippen LogP) is 2.94. The Bertz CT molecular complexity index is 875. The van der Waals surface area contributed by atoms with Crippen molar-refractivity contribution < 1.29 is 9.53 Å². The number of hydrogen-bond donors (Lipinski definition) is 1. The normalized spacial score (nSPS) is 17.4. The van der Waals surface area contributed by atoms with Crippen molar-refractivity contribution in [3.05, 3.63) is 54.2 Å². The number of benzene rings is 1. The zero-order chi connectivity index (χ0) is 16.5. The van der Waals surface area contributed by atoms with Crippen molar-refractivity contribution in [2.75, 3.05) is 13.7 Å². The Morgan fingerprint density at radius 1 is 1.38 bits per heavy atom. The van der Waals surface area contributed by atoms with Gasteiger partial charge in [-0.15, -0.1) is 0 Å². The average Bonchev–Trinajstić information content (AvgIpc) is 3.28. The maximum atomic E-state index is 13.1. The van der Waals surface area contributed by atoms with Crippen LogP contribution in [-0.4, -0.2) is 39.4 Å². The monoisotopic (exact) mass is 322 g/mol. The topological polar surface area (TPSA) is 71.1 Å². The lowest BCUT2D eigenvalue weighted by molar-refractivity contribution is 0.0734. The molecule has 122 valence electrons. The summed E-state index contributed by atoms with van der Waals surface area (Å²) in [7, 11) is 1.62. The highest BCUT2D eigenvalue weighted by Gasteiger charge is 2.32. The van der Waals surface area contributed by atoms with Crippen LogP contribution < -0.4 is 4.74 Å². The number of ether oxygens (including phenoxy) is 1. The van der Waals surface area contributed by atoms with Gasteiger partial charge in [-0.3, -0.25) is 14.8 Å². The zero-order valence-corrected chi connectivity index (χ0v) is 13.4. The number of nitrogens with one attached hydrogen (secondary N) is 1. The molecule has 1 aliphatic rings. The molecule has 0 bridgehead atoms. The molecule has 1 amide bonds. The number of amides is 1. The fourth-order valence-electron chi connectivity index (χ4n) is 3.36. The number of aromatic amines is 1. The molecule has 0 saturated carbocycles. The molecule has 3 aromatic rings. The van der Waals surface area contributed by atoms with E-state index in [9.17, 15) is 4.79 Å². The Hall–Kier alpha value is -2.89. The highest BCUT2D eigenvalue weighted by Crippen LogP contribution is 2.33. The van der Waals surface area contributed by atoms with Gasteiger partial charge in [0, 0.05) is 36.0 Å². The third-order valence-electron chi connectivity index (χ3n) is 4.56. The second-order valence-electron chi connectivity index (χ2n) is 5.90. The quantitative estimate of drug-likeness (QED) is 0.805. The molecule has 24 heavy (non-hydrogen) atoms. The number of likely N-dealkylation sites (tertiary alicyclic amines) is 1. The number of hydrogen-bond acceptors (Lipinski definition) is 4. The predicted molar refractivity (Wildman–Crippen MR) is 89.9 cm³/mol. The molecule has 1 fully saturated rings. The molecule has 6 heteroatoms. The second-order valence-corrected chi connectivity index (χ2v) is 5.90. The van der Waals surface area contributed by atoms with E-state index in [1.807, 2.05) is 23.1 Å². The molecule has 1 atom stereocenters. The summed E-state index contributed by atoms with van der Waals surface area (Å²) in [6.45, 7) is 0.733. The number of nitrogens with zero attached hydrogens (tertiary/aromatic N) is 3. The minimum absolute atomic E-state index is 0.0123. The van der Waals surface area contributed by atoms with Crippen LogP contribution in [0.3, 0.4) is 0 Å². The molecule has 0 unspecified atom stereocenters. The van der Waals surface area contributed by atoms with Gasteiger partial charge in [0.1, 0.15) is 5.75 Å². The largest absolute Gasteiger partial charge is 0.497 e. The number of aromatic nitrogens is 3. The van der Waals surface area contributed by atoms with E-state index in [0.717, 1.165) is 41.7 Å². The molecule has 1 N–H and O–H groups in total. The van der Waals surface area contributed by atoms with Crippen LogP contribution in [0.4, 0.5) is 0 Å². The third kappa shape index (κ3) is 2.40. The van der Waals surface area contributed by atoms with Crippen molar-refractivity contribution in [2.45, 2.75) is 18.9 Å². The van der Waals surface area contributed by atoms with Crippen molar-refractivity contribution in [3.8, 4) is 5.75 Å². The van der Waals surface area contributed by atoms with Crippen molar-refractivity contribution >= 4 is 16.8 Å².